The summed E-state index contributed by atoms with van der Waals surface area (Å²) in [4.78, 5) is 37.7. The van der Waals surface area contributed by atoms with Gasteiger partial charge in [0.2, 0.25) is 5.91 Å². The van der Waals surface area contributed by atoms with Gasteiger partial charge in [-0.05, 0) is 31.9 Å². The van der Waals surface area contributed by atoms with Gasteiger partial charge in [-0.1, -0.05) is 44.7 Å². The van der Waals surface area contributed by atoms with E-state index < -0.39 is 0 Å². The maximum atomic E-state index is 12.2. The van der Waals surface area contributed by atoms with E-state index in [1.165, 1.54) is 24.2 Å². The summed E-state index contributed by atoms with van der Waals surface area (Å²) in [5.41, 5.74) is 0.912. The Balaban J connectivity index is 1.70. The minimum atomic E-state index is -0.259. The Bertz CT molecular complexity index is 592. The number of amides is 3. The van der Waals surface area contributed by atoms with Crippen molar-refractivity contribution in [2.24, 2.45) is 0 Å². The van der Waals surface area contributed by atoms with Crippen LogP contribution in [-0.4, -0.2) is 35.2 Å². The number of hydrogen-bond donors (Lipinski definition) is 1. The molecule has 1 N–H and O–H groups in total. The molecular formula is C20H28N2O3. The number of nitrogens with zero attached hydrogens (tertiary/aromatic N) is 1. The zero-order valence-corrected chi connectivity index (χ0v) is 15.2. The van der Waals surface area contributed by atoms with E-state index in [0.717, 1.165) is 12.8 Å². The highest BCUT2D eigenvalue weighted by atomic mass is 16.2. The molecule has 5 heteroatoms. The highest BCUT2D eigenvalue weighted by Crippen LogP contribution is 2.22. The molecule has 1 unspecified atom stereocenters. The van der Waals surface area contributed by atoms with E-state index in [0.29, 0.717) is 24.0 Å². The van der Waals surface area contributed by atoms with E-state index in [1.54, 1.807) is 24.3 Å². The number of carbonyl (C=O) groups is 3. The van der Waals surface area contributed by atoms with Gasteiger partial charge in [-0.25, -0.2) is 0 Å². The SMILES string of the molecule is CCCCCCC(C)NC(=O)CCCN1C(=O)c2ccccc2C1=O. The molecule has 1 aromatic carbocycles. The number of imide groups is 1. The molecule has 1 heterocycles. The van der Waals surface area contributed by atoms with Gasteiger partial charge in [0.1, 0.15) is 0 Å². The number of unbranched alkanes of at least 4 members (excludes halogenated alkanes) is 3. The molecule has 0 saturated carbocycles. The smallest absolute Gasteiger partial charge is 0.261 e. The number of nitrogens with one attached hydrogen (secondary N) is 1. The lowest BCUT2D eigenvalue weighted by atomic mass is 10.1. The summed E-state index contributed by atoms with van der Waals surface area (Å²) in [6.45, 7) is 4.48. The Labute approximate surface area is 149 Å². The van der Waals surface area contributed by atoms with Crippen molar-refractivity contribution in [3.8, 4) is 0 Å². The maximum Gasteiger partial charge on any atom is 0.261 e. The van der Waals surface area contributed by atoms with E-state index in [4.69, 9.17) is 0 Å². The van der Waals surface area contributed by atoms with E-state index in [9.17, 15) is 14.4 Å². The van der Waals surface area contributed by atoms with Crippen LogP contribution >= 0.6 is 0 Å². The third kappa shape index (κ3) is 5.15. The third-order valence-electron chi connectivity index (χ3n) is 4.56. The van der Waals surface area contributed by atoms with Crippen molar-refractivity contribution in [3.05, 3.63) is 35.4 Å². The normalized spacial score (nSPS) is 14.6. The van der Waals surface area contributed by atoms with E-state index in [1.807, 2.05) is 6.92 Å². The first kappa shape index (κ1) is 19.2. The molecule has 0 aliphatic carbocycles. The molecular weight excluding hydrogens is 316 g/mol. The monoisotopic (exact) mass is 344 g/mol. The summed E-state index contributed by atoms with van der Waals surface area (Å²) >= 11 is 0. The van der Waals surface area contributed by atoms with Gasteiger partial charge >= 0.3 is 0 Å². The van der Waals surface area contributed by atoms with E-state index in [-0.39, 0.29) is 30.3 Å². The van der Waals surface area contributed by atoms with Crippen molar-refractivity contribution in [1.82, 2.24) is 10.2 Å². The fourth-order valence-corrected chi connectivity index (χ4v) is 3.14. The quantitative estimate of drug-likeness (QED) is 0.521. The van der Waals surface area contributed by atoms with Crippen molar-refractivity contribution in [1.29, 1.82) is 0 Å². The van der Waals surface area contributed by atoms with Gasteiger partial charge in [0, 0.05) is 19.0 Å². The molecule has 25 heavy (non-hydrogen) atoms. The third-order valence-corrected chi connectivity index (χ3v) is 4.56. The predicted octanol–water partition coefficient (Wildman–Crippen LogP) is 3.54. The highest BCUT2D eigenvalue weighted by molar-refractivity contribution is 6.21. The fraction of sp³-hybridized carbons (Fsp3) is 0.550. The Hall–Kier alpha value is -2.17. The zero-order chi connectivity index (χ0) is 18.2. The predicted molar refractivity (Wildman–Crippen MR) is 97.4 cm³/mol. The van der Waals surface area contributed by atoms with Crippen LogP contribution in [0.3, 0.4) is 0 Å². The number of carbonyl (C=O) groups excluding carboxylic acids is 3. The van der Waals surface area contributed by atoms with Gasteiger partial charge in [-0.15, -0.1) is 0 Å². The van der Waals surface area contributed by atoms with E-state index >= 15 is 0 Å². The second kappa shape index (κ2) is 9.35. The van der Waals surface area contributed by atoms with Crippen LogP contribution in [0.4, 0.5) is 0 Å². The molecule has 0 fully saturated rings. The summed E-state index contributed by atoms with van der Waals surface area (Å²) in [6, 6.07) is 7.01. The first-order chi connectivity index (χ1) is 12.0. The first-order valence-electron chi connectivity index (χ1n) is 9.29. The van der Waals surface area contributed by atoms with Crippen LogP contribution in [0, 0.1) is 0 Å². The minimum absolute atomic E-state index is 0.0143. The molecule has 136 valence electrons. The summed E-state index contributed by atoms with van der Waals surface area (Å²) < 4.78 is 0. The summed E-state index contributed by atoms with van der Waals surface area (Å²) in [5.74, 6) is -0.532. The molecule has 0 radical (unpaired) electrons. The second-order valence-corrected chi connectivity index (χ2v) is 6.73. The standard InChI is InChI=1S/C20H28N2O3/c1-3-4-5-6-10-15(2)21-18(23)13-9-14-22-19(24)16-11-7-8-12-17(16)20(22)25/h7-8,11-12,15H,3-6,9-10,13-14H2,1-2H3,(H,21,23). The van der Waals surface area contributed by atoms with Crippen LogP contribution in [0.5, 0.6) is 0 Å². The average Bonchev–Trinajstić information content (AvgIpc) is 2.84. The average molecular weight is 344 g/mol. The number of hydrogen-bond acceptors (Lipinski definition) is 3. The molecule has 5 nitrogen and oxygen atoms in total. The Morgan fingerprint density at radius 2 is 1.68 bits per heavy atom. The van der Waals surface area contributed by atoms with Crippen molar-refractivity contribution >= 4 is 17.7 Å². The molecule has 0 saturated heterocycles. The van der Waals surface area contributed by atoms with Gasteiger partial charge in [0.25, 0.3) is 11.8 Å². The topological polar surface area (TPSA) is 66.5 Å². The van der Waals surface area contributed by atoms with Crippen LogP contribution in [0.2, 0.25) is 0 Å². The number of fused-ring (bicyclic) bond motifs is 1. The van der Waals surface area contributed by atoms with Crippen LogP contribution in [0.15, 0.2) is 24.3 Å². The van der Waals surface area contributed by atoms with Crippen LogP contribution < -0.4 is 5.32 Å². The molecule has 0 spiro atoms. The Morgan fingerprint density at radius 3 is 2.28 bits per heavy atom. The summed E-state index contributed by atoms with van der Waals surface area (Å²) in [5, 5.41) is 2.99. The molecule has 0 aromatic heterocycles. The molecule has 1 aromatic rings. The van der Waals surface area contributed by atoms with Crippen LogP contribution in [0.25, 0.3) is 0 Å². The molecule has 3 amide bonds. The summed E-state index contributed by atoms with van der Waals surface area (Å²) in [6.07, 6.45) is 6.58. The van der Waals surface area contributed by atoms with E-state index in [2.05, 4.69) is 12.2 Å². The van der Waals surface area contributed by atoms with Crippen LogP contribution in [-0.2, 0) is 4.79 Å². The van der Waals surface area contributed by atoms with Gasteiger partial charge in [0.15, 0.2) is 0 Å². The molecule has 1 atom stereocenters. The summed E-state index contributed by atoms with van der Waals surface area (Å²) in [7, 11) is 0. The van der Waals surface area contributed by atoms with Gasteiger partial charge in [-0.2, -0.15) is 0 Å². The number of benzene rings is 1. The van der Waals surface area contributed by atoms with Crippen LogP contribution in [0.1, 0.15) is 79.5 Å². The Kier molecular flexibility index (Phi) is 7.16. The van der Waals surface area contributed by atoms with Crippen molar-refractivity contribution in [2.75, 3.05) is 6.54 Å². The highest BCUT2D eigenvalue weighted by Gasteiger charge is 2.34. The zero-order valence-electron chi connectivity index (χ0n) is 15.2. The first-order valence-corrected chi connectivity index (χ1v) is 9.29. The largest absolute Gasteiger partial charge is 0.354 e. The van der Waals surface area contributed by atoms with Gasteiger partial charge < -0.3 is 5.32 Å². The lowest BCUT2D eigenvalue weighted by Gasteiger charge is -2.15. The fourth-order valence-electron chi connectivity index (χ4n) is 3.14. The van der Waals surface area contributed by atoms with Gasteiger partial charge in [0.05, 0.1) is 11.1 Å². The molecule has 2 rings (SSSR count). The van der Waals surface area contributed by atoms with Crippen molar-refractivity contribution in [3.63, 3.8) is 0 Å². The lowest BCUT2D eigenvalue weighted by Crippen LogP contribution is -2.34. The lowest BCUT2D eigenvalue weighted by molar-refractivity contribution is -0.121. The number of rotatable bonds is 10. The second-order valence-electron chi connectivity index (χ2n) is 6.73. The molecule has 0 bridgehead atoms. The molecule has 1 aliphatic rings. The van der Waals surface area contributed by atoms with Crippen molar-refractivity contribution in [2.45, 2.75) is 64.8 Å². The maximum absolute atomic E-state index is 12.2. The Morgan fingerprint density at radius 1 is 1.04 bits per heavy atom. The van der Waals surface area contributed by atoms with Gasteiger partial charge in [-0.3, -0.25) is 19.3 Å². The molecule has 1 aliphatic heterocycles. The minimum Gasteiger partial charge on any atom is -0.354 e. The van der Waals surface area contributed by atoms with Crippen molar-refractivity contribution < 1.29 is 14.4 Å².